The van der Waals surface area contributed by atoms with Gasteiger partial charge >= 0.3 is 0 Å². The standard InChI is InChI=1S/C16H21NO3/c1-5-17(10-12(2)3)16(19)11-20-15-9-7-6-8-14(15)13(4)18/h6-9H,2,5,10-11H2,1,3-4H3. The Kier molecular flexibility index (Phi) is 5.97. The highest BCUT2D eigenvalue weighted by Crippen LogP contribution is 2.18. The van der Waals surface area contributed by atoms with E-state index < -0.39 is 0 Å². The predicted octanol–water partition coefficient (Wildman–Crippen LogP) is 2.69. The fraction of sp³-hybridized carbons (Fsp3) is 0.375. The molecule has 0 bridgehead atoms. The Morgan fingerprint density at radius 2 is 1.90 bits per heavy atom. The van der Waals surface area contributed by atoms with Gasteiger partial charge in [0.05, 0.1) is 5.56 Å². The first-order chi connectivity index (χ1) is 9.45. The molecular formula is C16H21NO3. The van der Waals surface area contributed by atoms with Crippen molar-refractivity contribution >= 4 is 11.7 Å². The average molecular weight is 275 g/mol. The predicted molar refractivity (Wildman–Crippen MR) is 79.0 cm³/mol. The van der Waals surface area contributed by atoms with Crippen LogP contribution < -0.4 is 4.74 Å². The number of amides is 1. The van der Waals surface area contributed by atoms with E-state index in [1.54, 1.807) is 29.2 Å². The summed E-state index contributed by atoms with van der Waals surface area (Å²) in [6.45, 7) is 10.1. The number of nitrogens with zero attached hydrogens (tertiary/aromatic N) is 1. The topological polar surface area (TPSA) is 46.6 Å². The molecule has 0 N–H and O–H groups in total. The highest BCUT2D eigenvalue weighted by atomic mass is 16.5. The Labute approximate surface area is 120 Å². The van der Waals surface area contributed by atoms with Gasteiger partial charge in [-0.15, -0.1) is 0 Å². The molecule has 0 radical (unpaired) electrons. The van der Waals surface area contributed by atoms with Crippen molar-refractivity contribution in [1.82, 2.24) is 4.90 Å². The van der Waals surface area contributed by atoms with Crippen LogP contribution in [-0.4, -0.2) is 36.3 Å². The van der Waals surface area contributed by atoms with Gasteiger partial charge in [-0.25, -0.2) is 0 Å². The SMILES string of the molecule is C=C(C)CN(CC)C(=O)COc1ccccc1C(C)=O. The number of carbonyl (C=O) groups excluding carboxylic acids is 2. The zero-order chi connectivity index (χ0) is 15.1. The lowest BCUT2D eigenvalue weighted by Gasteiger charge is -2.21. The molecule has 0 saturated heterocycles. The summed E-state index contributed by atoms with van der Waals surface area (Å²) >= 11 is 0. The number of ether oxygens (including phenoxy) is 1. The molecule has 0 aliphatic rings. The number of hydrogen-bond donors (Lipinski definition) is 0. The maximum Gasteiger partial charge on any atom is 0.260 e. The van der Waals surface area contributed by atoms with Crippen molar-refractivity contribution in [1.29, 1.82) is 0 Å². The number of carbonyl (C=O) groups is 2. The van der Waals surface area contributed by atoms with Gasteiger partial charge in [-0.1, -0.05) is 24.3 Å². The molecule has 1 aromatic carbocycles. The summed E-state index contributed by atoms with van der Waals surface area (Å²) in [6.07, 6.45) is 0. The third-order valence-electron chi connectivity index (χ3n) is 2.81. The average Bonchev–Trinajstić information content (AvgIpc) is 2.42. The fourth-order valence-corrected chi connectivity index (χ4v) is 1.82. The van der Waals surface area contributed by atoms with Crippen molar-refractivity contribution < 1.29 is 14.3 Å². The highest BCUT2D eigenvalue weighted by Gasteiger charge is 2.14. The first kappa shape index (κ1) is 16.0. The molecule has 0 atom stereocenters. The number of Topliss-reactive ketones (excluding diaryl/α,β-unsaturated/α-hetero) is 1. The summed E-state index contributed by atoms with van der Waals surface area (Å²) in [7, 11) is 0. The van der Waals surface area contributed by atoms with Gasteiger partial charge in [-0.2, -0.15) is 0 Å². The van der Waals surface area contributed by atoms with Gasteiger partial charge in [0.1, 0.15) is 5.75 Å². The van der Waals surface area contributed by atoms with Crippen LogP contribution >= 0.6 is 0 Å². The normalized spacial score (nSPS) is 9.95. The van der Waals surface area contributed by atoms with Crippen LogP contribution in [0.4, 0.5) is 0 Å². The van der Waals surface area contributed by atoms with Gasteiger partial charge in [0.2, 0.25) is 0 Å². The quantitative estimate of drug-likeness (QED) is 0.568. The molecule has 4 nitrogen and oxygen atoms in total. The monoisotopic (exact) mass is 275 g/mol. The van der Waals surface area contributed by atoms with E-state index in [-0.39, 0.29) is 18.3 Å². The van der Waals surface area contributed by atoms with Crippen LogP contribution in [0.3, 0.4) is 0 Å². The lowest BCUT2D eigenvalue weighted by atomic mass is 10.1. The molecule has 0 heterocycles. The third kappa shape index (κ3) is 4.53. The number of hydrogen-bond acceptors (Lipinski definition) is 3. The largest absolute Gasteiger partial charge is 0.483 e. The van der Waals surface area contributed by atoms with Crippen molar-refractivity contribution in [2.24, 2.45) is 0 Å². The van der Waals surface area contributed by atoms with Crippen molar-refractivity contribution in [3.8, 4) is 5.75 Å². The summed E-state index contributed by atoms with van der Waals surface area (Å²) in [5.41, 5.74) is 1.41. The summed E-state index contributed by atoms with van der Waals surface area (Å²) in [4.78, 5) is 25.2. The molecule has 0 saturated carbocycles. The zero-order valence-electron chi connectivity index (χ0n) is 12.3. The Balaban J connectivity index is 2.69. The van der Waals surface area contributed by atoms with Gasteiger partial charge < -0.3 is 9.64 Å². The number of para-hydroxylation sites is 1. The van der Waals surface area contributed by atoms with E-state index >= 15 is 0 Å². The van der Waals surface area contributed by atoms with Gasteiger partial charge in [0.25, 0.3) is 5.91 Å². The van der Waals surface area contributed by atoms with Crippen LogP contribution in [0.2, 0.25) is 0 Å². The lowest BCUT2D eigenvalue weighted by molar-refractivity contribution is -0.132. The maximum absolute atomic E-state index is 12.0. The van der Waals surface area contributed by atoms with Gasteiger partial charge in [-0.3, -0.25) is 9.59 Å². The van der Waals surface area contributed by atoms with Crippen molar-refractivity contribution in [2.75, 3.05) is 19.7 Å². The lowest BCUT2D eigenvalue weighted by Crippen LogP contribution is -2.35. The number of ketones is 1. The molecule has 108 valence electrons. The minimum atomic E-state index is -0.117. The minimum absolute atomic E-state index is 0.0780. The second-order valence-corrected chi connectivity index (χ2v) is 4.71. The second kappa shape index (κ2) is 7.48. The Hall–Kier alpha value is -2.10. The molecule has 1 aromatic rings. The van der Waals surface area contributed by atoms with Crippen LogP contribution in [0, 0.1) is 0 Å². The molecule has 1 amide bonds. The maximum atomic E-state index is 12.0. The minimum Gasteiger partial charge on any atom is -0.483 e. The number of rotatable bonds is 7. The molecule has 1 rings (SSSR count). The molecule has 4 heteroatoms. The van der Waals surface area contributed by atoms with Gasteiger partial charge in [0.15, 0.2) is 12.4 Å². The van der Waals surface area contributed by atoms with Crippen LogP contribution in [0.15, 0.2) is 36.4 Å². The smallest absolute Gasteiger partial charge is 0.260 e. The van der Waals surface area contributed by atoms with E-state index in [1.807, 2.05) is 13.8 Å². The second-order valence-electron chi connectivity index (χ2n) is 4.71. The van der Waals surface area contributed by atoms with Crippen LogP contribution in [0.25, 0.3) is 0 Å². The Bertz CT molecular complexity index is 508. The van der Waals surface area contributed by atoms with E-state index in [9.17, 15) is 9.59 Å². The molecule has 0 aliphatic carbocycles. The van der Waals surface area contributed by atoms with Crippen molar-refractivity contribution in [3.05, 3.63) is 42.0 Å². The van der Waals surface area contributed by atoms with E-state index in [1.165, 1.54) is 6.92 Å². The Morgan fingerprint density at radius 1 is 1.25 bits per heavy atom. The molecule has 0 aromatic heterocycles. The molecule has 0 spiro atoms. The number of likely N-dealkylation sites (N-methyl/N-ethyl adjacent to an activating group) is 1. The highest BCUT2D eigenvalue weighted by molar-refractivity contribution is 5.96. The van der Waals surface area contributed by atoms with Crippen molar-refractivity contribution in [3.63, 3.8) is 0 Å². The summed E-state index contributed by atoms with van der Waals surface area (Å²) in [5.74, 6) is 0.246. The van der Waals surface area contributed by atoms with E-state index in [0.29, 0.717) is 24.4 Å². The van der Waals surface area contributed by atoms with Crippen LogP contribution in [0.5, 0.6) is 5.75 Å². The zero-order valence-corrected chi connectivity index (χ0v) is 12.3. The summed E-state index contributed by atoms with van der Waals surface area (Å²) in [6, 6.07) is 6.93. The first-order valence-corrected chi connectivity index (χ1v) is 6.60. The summed E-state index contributed by atoms with van der Waals surface area (Å²) < 4.78 is 5.48. The number of benzene rings is 1. The van der Waals surface area contributed by atoms with Gasteiger partial charge in [-0.05, 0) is 32.9 Å². The molecule has 0 aliphatic heterocycles. The first-order valence-electron chi connectivity index (χ1n) is 6.60. The molecule has 0 fully saturated rings. The van der Waals surface area contributed by atoms with E-state index in [2.05, 4.69) is 6.58 Å². The third-order valence-corrected chi connectivity index (χ3v) is 2.81. The molecular weight excluding hydrogens is 254 g/mol. The van der Waals surface area contributed by atoms with Gasteiger partial charge in [0, 0.05) is 13.1 Å². The molecule has 0 unspecified atom stereocenters. The van der Waals surface area contributed by atoms with Crippen molar-refractivity contribution in [2.45, 2.75) is 20.8 Å². The Morgan fingerprint density at radius 3 is 2.45 bits per heavy atom. The van der Waals surface area contributed by atoms with Crippen LogP contribution in [-0.2, 0) is 4.79 Å². The summed E-state index contributed by atoms with van der Waals surface area (Å²) in [5, 5.41) is 0. The van der Waals surface area contributed by atoms with E-state index in [4.69, 9.17) is 4.74 Å². The fourth-order valence-electron chi connectivity index (χ4n) is 1.82. The molecule has 20 heavy (non-hydrogen) atoms. The van der Waals surface area contributed by atoms with E-state index in [0.717, 1.165) is 5.57 Å². The van der Waals surface area contributed by atoms with Crippen LogP contribution in [0.1, 0.15) is 31.1 Å².